The Morgan fingerprint density at radius 1 is 1.12 bits per heavy atom. The molecule has 1 aliphatic heterocycles. The van der Waals surface area contributed by atoms with Crippen LogP contribution in [0.1, 0.15) is 19.4 Å². The first-order valence-electron chi connectivity index (χ1n) is 8.30. The number of carbonyl (C=O) groups excluding carboxylic acids is 1. The van der Waals surface area contributed by atoms with Crippen LogP contribution in [0.15, 0.2) is 12.1 Å². The number of hydrogen-bond donors (Lipinski definition) is 0. The SMILES string of the molecule is COc1cc(OC)c(OC)cc1CN(C(=O)[C@H]1COCCO1)C(C)C. The van der Waals surface area contributed by atoms with E-state index in [1.54, 1.807) is 32.3 Å². The Kier molecular flexibility index (Phi) is 6.90. The first-order chi connectivity index (χ1) is 12.0. The molecule has 0 saturated carbocycles. The zero-order valence-electron chi connectivity index (χ0n) is 15.5. The summed E-state index contributed by atoms with van der Waals surface area (Å²) in [5.74, 6) is 1.71. The maximum atomic E-state index is 12.8. The molecule has 0 unspecified atom stereocenters. The van der Waals surface area contributed by atoms with E-state index in [0.29, 0.717) is 37.0 Å². The van der Waals surface area contributed by atoms with E-state index in [1.165, 1.54) is 0 Å². The molecular weight excluding hydrogens is 326 g/mol. The van der Waals surface area contributed by atoms with E-state index in [1.807, 2.05) is 19.9 Å². The maximum Gasteiger partial charge on any atom is 0.254 e. The smallest absolute Gasteiger partial charge is 0.254 e. The molecule has 1 heterocycles. The summed E-state index contributed by atoms with van der Waals surface area (Å²) in [7, 11) is 4.73. The van der Waals surface area contributed by atoms with Crippen LogP contribution in [0.2, 0.25) is 0 Å². The van der Waals surface area contributed by atoms with Crippen LogP contribution >= 0.6 is 0 Å². The number of hydrogen-bond acceptors (Lipinski definition) is 6. The third-order valence-corrected chi connectivity index (χ3v) is 4.13. The van der Waals surface area contributed by atoms with Crippen molar-refractivity contribution in [3.8, 4) is 17.2 Å². The van der Waals surface area contributed by atoms with Crippen LogP contribution in [0.25, 0.3) is 0 Å². The molecule has 2 rings (SSSR count). The van der Waals surface area contributed by atoms with Crippen LogP contribution in [-0.4, -0.2) is 64.1 Å². The first kappa shape index (κ1) is 19.3. The van der Waals surface area contributed by atoms with Crippen molar-refractivity contribution in [3.63, 3.8) is 0 Å². The highest BCUT2D eigenvalue weighted by Gasteiger charge is 2.30. The van der Waals surface area contributed by atoms with E-state index in [0.717, 1.165) is 5.56 Å². The third-order valence-electron chi connectivity index (χ3n) is 4.13. The van der Waals surface area contributed by atoms with E-state index in [2.05, 4.69) is 0 Å². The molecule has 1 fully saturated rings. The number of carbonyl (C=O) groups is 1. The van der Waals surface area contributed by atoms with Crippen LogP contribution in [0, 0.1) is 0 Å². The molecule has 1 aliphatic rings. The lowest BCUT2D eigenvalue weighted by Crippen LogP contribution is -2.47. The van der Waals surface area contributed by atoms with Crippen LogP contribution in [-0.2, 0) is 20.8 Å². The van der Waals surface area contributed by atoms with Gasteiger partial charge in [-0.25, -0.2) is 0 Å². The van der Waals surface area contributed by atoms with Gasteiger partial charge >= 0.3 is 0 Å². The topological polar surface area (TPSA) is 66.5 Å². The Bertz CT molecular complexity index is 583. The lowest BCUT2D eigenvalue weighted by molar-refractivity contribution is -0.160. The number of ether oxygens (including phenoxy) is 5. The fraction of sp³-hybridized carbons (Fsp3) is 0.611. The van der Waals surface area contributed by atoms with Crippen LogP contribution in [0.4, 0.5) is 0 Å². The summed E-state index contributed by atoms with van der Waals surface area (Å²) in [5.41, 5.74) is 0.832. The molecule has 7 heteroatoms. The standard InChI is InChI=1S/C18H27NO6/c1-12(2)19(18(20)17-11-24-6-7-25-17)10-13-8-15(22-4)16(23-5)9-14(13)21-3/h8-9,12,17H,6-7,10-11H2,1-5H3/t17-/m1/s1. The summed E-state index contributed by atoms with van der Waals surface area (Å²) >= 11 is 0. The molecule has 25 heavy (non-hydrogen) atoms. The maximum absolute atomic E-state index is 12.8. The van der Waals surface area contributed by atoms with Crippen molar-refractivity contribution in [2.24, 2.45) is 0 Å². The van der Waals surface area contributed by atoms with Crippen molar-refractivity contribution in [2.45, 2.75) is 32.5 Å². The predicted octanol–water partition coefficient (Wildman–Crippen LogP) is 1.86. The summed E-state index contributed by atoms with van der Waals surface area (Å²) in [6.07, 6.45) is -0.567. The number of methoxy groups -OCH3 is 3. The molecule has 1 amide bonds. The summed E-state index contributed by atoms with van der Waals surface area (Å²) in [5, 5.41) is 0. The number of amides is 1. The zero-order valence-corrected chi connectivity index (χ0v) is 15.5. The van der Waals surface area contributed by atoms with Gasteiger partial charge in [0, 0.05) is 24.2 Å². The highest BCUT2D eigenvalue weighted by molar-refractivity contribution is 5.81. The molecule has 0 aliphatic carbocycles. The lowest BCUT2D eigenvalue weighted by atomic mass is 10.1. The molecule has 7 nitrogen and oxygen atoms in total. The van der Waals surface area contributed by atoms with Gasteiger partial charge in [-0.3, -0.25) is 4.79 Å². The molecule has 1 saturated heterocycles. The molecule has 1 atom stereocenters. The van der Waals surface area contributed by atoms with Gasteiger partial charge in [0.25, 0.3) is 5.91 Å². The minimum Gasteiger partial charge on any atom is -0.496 e. The molecule has 0 spiro atoms. The number of nitrogens with zero attached hydrogens (tertiary/aromatic N) is 1. The molecule has 0 bridgehead atoms. The molecule has 0 aromatic heterocycles. The largest absolute Gasteiger partial charge is 0.496 e. The van der Waals surface area contributed by atoms with Gasteiger partial charge in [0.15, 0.2) is 17.6 Å². The van der Waals surface area contributed by atoms with Gasteiger partial charge in [0.1, 0.15) is 5.75 Å². The second kappa shape index (κ2) is 8.92. The number of rotatable bonds is 7. The average molecular weight is 353 g/mol. The third kappa shape index (κ3) is 4.55. The highest BCUT2D eigenvalue weighted by atomic mass is 16.6. The van der Waals surface area contributed by atoms with Crippen LogP contribution in [0.3, 0.4) is 0 Å². The fourth-order valence-corrected chi connectivity index (χ4v) is 2.73. The van der Waals surface area contributed by atoms with E-state index in [4.69, 9.17) is 23.7 Å². The molecular formula is C18H27NO6. The summed E-state index contributed by atoms with van der Waals surface area (Å²) < 4.78 is 27.1. The van der Waals surface area contributed by atoms with Crippen molar-refractivity contribution in [3.05, 3.63) is 17.7 Å². The van der Waals surface area contributed by atoms with Gasteiger partial charge < -0.3 is 28.6 Å². The van der Waals surface area contributed by atoms with Crippen molar-refractivity contribution in [1.29, 1.82) is 0 Å². The van der Waals surface area contributed by atoms with Crippen molar-refractivity contribution >= 4 is 5.91 Å². The van der Waals surface area contributed by atoms with Crippen LogP contribution in [0.5, 0.6) is 17.2 Å². The normalized spacial score (nSPS) is 17.3. The molecule has 0 radical (unpaired) electrons. The molecule has 1 aromatic rings. The van der Waals surface area contributed by atoms with Gasteiger partial charge in [-0.05, 0) is 19.9 Å². The average Bonchev–Trinajstić information content (AvgIpc) is 2.65. The van der Waals surface area contributed by atoms with Gasteiger partial charge in [0.2, 0.25) is 0 Å². The molecule has 1 aromatic carbocycles. The predicted molar refractivity (Wildman–Crippen MR) is 92.3 cm³/mol. The second-order valence-electron chi connectivity index (χ2n) is 6.01. The van der Waals surface area contributed by atoms with Gasteiger partial charge in [0.05, 0.1) is 41.2 Å². The Morgan fingerprint density at radius 3 is 2.28 bits per heavy atom. The minimum atomic E-state index is -0.567. The number of benzene rings is 1. The fourth-order valence-electron chi connectivity index (χ4n) is 2.73. The monoisotopic (exact) mass is 353 g/mol. The van der Waals surface area contributed by atoms with Gasteiger partial charge in [-0.2, -0.15) is 0 Å². The Hall–Kier alpha value is -1.99. The van der Waals surface area contributed by atoms with Crippen LogP contribution < -0.4 is 14.2 Å². The van der Waals surface area contributed by atoms with E-state index >= 15 is 0 Å². The summed E-state index contributed by atoms with van der Waals surface area (Å²) in [6.45, 7) is 5.55. The Balaban J connectivity index is 2.27. The Morgan fingerprint density at radius 2 is 1.76 bits per heavy atom. The van der Waals surface area contributed by atoms with Gasteiger partial charge in [-0.15, -0.1) is 0 Å². The molecule has 0 N–H and O–H groups in total. The zero-order chi connectivity index (χ0) is 18.4. The minimum absolute atomic E-state index is 0.00386. The quantitative estimate of drug-likeness (QED) is 0.745. The Labute approximate surface area is 148 Å². The summed E-state index contributed by atoms with van der Waals surface area (Å²) in [6, 6.07) is 3.59. The van der Waals surface area contributed by atoms with Crippen molar-refractivity contribution in [1.82, 2.24) is 4.90 Å². The highest BCUT2D eigenvalue weighted by Crippen LogP contribution is 2.35. The van der Waals surface area contributed by atoms with E-state index < -0.39 is 6.10 Å². The lowest BCUT2D eigenvalue weighted by Gasteiger charge is -2.32. The van der Waals surface area contributed by atoms with E-state index in [-0.39, 0.29) is 18.6 Å². The van der Waals surface area contributed by atoms with Gasteiger partial charge in [-0.1, -0.05) is 0 Å². The van der Waals surface area contributed by atoms with Crippen molar-refractivity contribution in [2.75, 3.05) is 41.2 Å². The van der Waals surface area contributed by atoms with E-state index in [9.17, 15) is 4.79 Å². The first-order valence-corrected chi connectivity index (χ1v) is 8.30. The van der Waals surface area contributed by atoms with Crippen molar-refractivity contribution < 1.29 is 28.5 Å². The molecule has 140 valence electrons. The summed E-state index contributed by atoms with van der Waals surface area (Å²) in [4.78, 5) is 14.6. The second-order valence-corrected chi connectivity index (χ2v) is 6.01.